The van der Waals surface area contributed by atoms with E-state index in [-0.39, 0.29) is 60.6 Å². The van der Waals surface area contributed by atoms with Gasteiger partial charge in [-0.1, -0.05) is 85.2 Å². The molecule has 0 unspecified atom stereocenters. The summed E-state index contributed by atoms with van der Waals surface area (Å²) in [5.74, 6) is -3.16. The van der Waals surface area contributed by atoms with Gasteiger partial charge in [0.25, 0.3) is 0 Å². The lowest BCUT2D eigenvalue weighted by atomic mass is 9.89. The minimum atomic E-state index is -0.930. The number of carbonyl (C=O) groups is 6. The molecule has 0 radical (unpaired) electrons. The number of nitrogens with zero attached hydrogens (tertiary/aromatic N) is 3. The van der Waals surface area contributed by atoms with Crippen LogP contribution in [0.2, 0.25) is 0 Å². The molecule has 1 saturated heterocycles. The van der Waals surface area contributed by atoms with Crippen LogP contribution in [0.15, 0.2) is 48.5 Å². The van der Waals surface area contributed by atoms with Gasteiger partial charge in [0.05, 0.1) is 42.7 Å². The second-order valence-corrected chi connectivity index (χ2v) is 19.8. The lowest BCUT2D eigenvalue weighted by Gasteiger charge is -2.41. The summed E-state index contributed by atoms with van der Waals surface area (Å²) in [5.41, 5.74) is 2.03. The van der Waals surface area contributed by atoms with Crippen molar-refractivity contribution in [2.45, 2.75) is 156 Å². The Morgan fingerprint density at radius 1 is 0.881 bits per heavy atom. The van der Waals surface area contributed by atoms with Gasteiger partial charge in [0.2, 0.25) is 23.6 Å². The van der Waals surface area contributed by atoms with Gasteiger partial charge in [-0.25, -0.2) is 4.79 Å². The molecule has 1 heterocycles. The van der Waals surface area contributed by atoms with Crippen LogP contribution in [0.4, 0.5) is 16.2 Å². The average molecular weight is 937 g/mol. The Morgan fingerprint density at radius 3 is 2.13 bits per heavy atom. The van der Waals surface area contributed by atoms with Gasteiger partial charge in [0.1, 0.15) is 11.6 Å². The number of rotatable bonds is 24. The van der Waals surface area contributed by atoms with E-state index in [0.29, 0.717) is 49.3 Å². The number of amides is 5. The van der Waals surface area contributed by atoms with Gasteiger partial charge in [-0.15, -0.1) is 0 Å². The lowest BCUT2D eigenvalue weighted by molar-refractivity contribution is -0.147. The van der Waals surface area contributed by atoms with E-state index in [1.54, 1.807) is 82.0 Å². The number of anilines is 2. The van der Waals surface area contributed by atoms with Crippen LogP contribution in [-0.4, -0.2) is 132 Å². The van der Waals surface area contributed by atoms with Crippen molar-refractivity contribution in [1.29, 1.82) is 0 Å². The number of aliphatic carboxylic acids is 1. The Labute approximate surface area is 399 Å². The Morgan fingerprint density at radius 2 is 1.55 bits per heavy atom. The molecule has 5 amide bonds. The summed E-state index contributed by atoms with van der Waals surface area (Å²) in [7, 11) is 6.64. The van der Waals surface area contributed by atoms with Crippen LogP contribution >= 0.6 is 0 Å². The molecular formula is C51H80N6O10. The molecule has 1 aliphatic heterocycles. The summed E-state index contributed by atoms with van der Waals surface area (Å²) >= 11 is 0. The van der Waals surface area contributed by atoms with Crippen molar-refractivity contribution in [2.75, 3.05) is 45.5 Å². The maximum Gasteiger partial charge on any atom is 0.412 e. The van der Waals surface area contributed by atoms with Crippen LogP contribution in [-0.2, 0) is 51.1 Å². The van der Waals surface area contributed by atoms with E-state index in [4.69, 9.17) is 14.2 Å². The number of aryl methyl sites for hydroxylation is 1. The summed E-state index contributed by atoms with van der Waals surface area (Å²) in [6.45, 7) is 19.8. The number of methoxy groups -OCH3 is 2. The zero-order valence-corrected chi connectivity index (χ0v) is 42.5. The zero-order valence-electron chi connectivity index (χ0n) is 42.5. The Balaban J connectivity index is 1.78. The van der Waals surface area contributed by atoms with Crippen LogP contribution < -0.4 is 16.0 Å². The first-order chi connectivity index (χ1) is 31.4. The van der Waals surface area contributed by atoms with Crippen molar-refractivity contribution in [2.24, 2.45) is 23.7 Å². The summed E-state index contributed by atoms with van der Waals surface area (Å²) in [5, 5.41) is 18.1. The second kappa shape index (κ2) is 25.9. The third kappa shape index (κ3) is 16.3. The number of carboxylic acids is 1. The molecule has 2 aromatic carbocycles. The standard InChI is InChI=1S/C51H80N6O10/c1-15-33(6)45(40(65-13)29-41(58)57-27-19-24-39(57)46(66-14)34(7)47(61)53-38-23-17-16-21-36(38)25-26-42(59)60)56(12)49(63)43(31(2)3)54-48(62)44(32(4)5)55(11)30-35-20-18-22-37(28-35)52-50(64)67-51(8,9)10/h16-18,20-23,28,31-34,39-40,43-46H,15,19,24-27,29-30H2,1-14H3,(H,52,64)(H,53,61)(H,54,62)(H,59,60)/t33-,34+,39-,40+,43-,44-,45-,46+/m0/s1. The van der Waals surface area contributed by atoms with E-state index >= 15 is 0 Å². The van der Waals surface area contributed by atoms with Crippen molar-refractivity contribution in [3.63, 3.8) is 0 Å². The smallest absolute Gasteiger partial charge is 0.412 e. The fourth-order valence-electron chi connectivity index (χ4n) is 9.19. The molecule has 16 heteroatoms. The van der Waals surface area contributed by atoms with E-state index in [9.17, 15) is 33.9 Å². The quantitative estimate of drug-likeness (QED) is 0.0831. The number of para-hydroxylation sites is 1. The number of ether oxygens (including phenoxy) is 3. The fraction of sp³-hybridized carbons (Fsp3) is 0.647. The number of benzene rings is 2. The number of hydrogen-bond donors (Lipinski definition) is 4. The van der Waals surface area contributed by atoms with Gasteiger partial charge in [0, 0.05) is 52.2 Å². The van der Waals surface area contributed by atoms with Crippen molar-refractivity contribution < 1.29 is 48.1 Å². The summed E-state index contributed by atoms with van der Waals surface area (Å²) in [6.07, 6.45) is 0.298. The molecule has 1 fully saturated rings. The Kier molecular flexibility index (Phi) is 21.8. The predicted octanol–water partition coefficient (Wildman–Crippen LogP) is 7.21. The largest absolute Gasteiger partial charge is 0.481 e. The Bertz CT molecular complexity index is 1970. The van der Waals surface area contributed by atoms with Crippen molar-refractivity contribution in [3.8, 4) is 0 Å². The Hall–Kier alpha value is -5.06. The van der Waals surface area contributed by atoms with Crippen LogP contribution in [0.5, 0.6) is 0 Å². The highest BCUT2D eigenvalue weighted by Gasteiger charge is 2.43. The molecule has 0 bridgehead atoms. The highest BCUT2D eigenvalue weighted by Crippen LogP contribution is 2.31. The number of likely N-dealkylation sites (N-methyl/N-ethyl adjacent to an activating group) is 2. The zero-order chi connectivity index (χ0) is 50.3. The molecule has 0 aromatic heterocycles. The van der Waals surface area contributed by atoms with Gasteiger partial charge in [-0.05, 0) is 94.2 Å². The predicted molar refractivity (Wildman–Crippen MR) is 260 cm³/mol. The van der Waals surface area contributed by atoms with Gasteiger partial charge in [-0.3, -0.25) is 34.2 Å². The third-order valence-electron chi connectivity index (χ3n) is 12.8. The highest BCUT2D eigenvalue weighted by molar-refractivity contribution is 5.94. The molecule has 8 atom stereocenters. The number of carbonyl (C=O) groups excluding carboxylic acids is 5. The monoisotopic (exact) mass is 937 g/mol. The topological polar surface area (TPSA) is 196 Å². The number of hydrogen-bond acceptors (Lipinski definition) is 10. The first-order valence-corrected chi connectivity index (χ1v) is 23.8. The van der Waals surface area contributed by atoms with Crippen LogP contribution in [0.1, 0.15) is 112 Å². The van der Waals surface area contributed by atoms with E-state index in [1.165, 1.54) is 7.11 Å². The van der Waals surface area contributed by atoms with Crippen LogP contribution in [0, 0.1) is 23.7 Å². The molecule has 0 saturated carbocycles. The number of likely N-dealkylation sites (tertiary alicyclic amines) is 1. The molecule has 0 aliphatic carbocycles. The van der Waals surface area contributed by atoms with Crippen LogP contribution in [0.25, 0.3) is 0 Å². The van der Waals surface area contributed by atoms with Crippen molar-refractivity contribution >= 4 is 47.1 Å². The molecule has 67 heavy (non-hydrogen) atoms. The fourth-order valence-corrected chi connectivity index (χ4v) is 9.19. The van der Waals surface area contributed by atoms with E-state index in [2.05, 4.69) is 16.0 Å². The lowest BCUT2D eigenvalue weighted by Crippen LogP contribution is -2.60. The van der Waals surface area contributed by atoms with Crippen molar-refractivity contribution in [3.05, 3.63) is 59.7 Å². The first kappa shape index (κ1) is 56.3. The molecule has 2 aromatic rings. The van der Waals surface area contributed by atoms with Gasteiger partial charge >= 0.3 is 12.1 Å². The molecular weight excluding hydrogens is 857 g/mol. The van der Waals surface area contributed by atoms with Gasteiger partial charge in [0.15, 0.2) is 0 Å². The molecule has 16 nitrogen and oxygen atoms in total. The molecule has 1 aliphatic rings. The second-order valence-electron chi connectivity index (χ2n) is 19.8. The maximum absolute atomic E-state index is 14.7. The number of nitrogens with one attached hydrogen (secondary N) is 3. The van der Waals surface area contributed by atoms with Gasteiger partial charge in [-0.2, -0.15) is 0 Å². The third-order valence-corrected chi connectivity index (χ3v) is 12.8. The summed E-state index contributed by atoms with van der Waals surface area (Å²) < 4.78 is 17.5. The van der Waals surface area contributed by atoms with E-state index in [0.717, 1.165) is 5.56 Å². The van der Waals surface area contributed by atoms with Crippen LogP contribution in [0.3, 0.4) is 0 Å². The highest BCUT2D eigenvalue weighted by atomic mass is 16.6. The minimum absolute atomic E-state index is 0.0268. The number of carboxylic acid groups (broad SMARTS) is 1. The minimum Gasteiger partial charge on any atom is -0.481 e. The molecule has 3 rings (SSSR count). The summed E-state index contributed by atoms with van der Waals surface area (Å²) in [6, 6.07) is 12.1. The SMILES string of the molecule is CC[C@H](C)[C@@H]([C@@H](CC(=O)N1CCC[C@H]1[C@H](OC)[C@@H](C)C(=O)Nc1ccccc1CCC(=O)O)OC)N(C)C(=O)[C@@H](NC(=O)[C@H](C(C)C)N(C)Cc1cccc(NC(=O)OC(C)(C)C)c1)C(C)C. The maximum atomic E-state index is 14.7. The normalized spacial score (nSPS) is 17.3. The van der Waals surface area contributed by atoms with Gasteiger partial charge < -0.3 is 39.8 Å². The molecule has 4 N–H and O–H groups in total. The molecule has 374 valence electrons. The summed E-state index contributed by atoms with van der Waals surface area (Å²) in [4.78, 5) is 86.1. The van der Waals surface area contributed by atoms with E-state index < -0.39 is 60.0 Å². The average Bonchev–Trinajstić information content (AvgIpc) is 3.73. The molecule has 0 spiro atoms. The van der Waals surface area contributed by atoms with Crippen molar-refractivity contribution in [1.82, 2.24) is 20.0 Å². The first-order valence-electron chi connectivity index (χ1n) is 23.8. The van der Waals surface area contributed by atoms with E-state index in [1.807, 2.05) is 71.7 Å².